The molecule has 16 heteroatoms. The van der Waals surface area contributed by atoms with Crippen molar-refractivity contribution in [2.24, 2.45) is 0 Å². The van der Waals surface area contributed by atoms with Gasteiger partial charge in [-0.25, -0.2) is 19.9 Å². The number of hydrogen-bond donors (Lipinski definition) is 4. The average molecular weight is 921 g/mol. The van der Waals surface area contributed by atoms with E-state index in [0.29, 0.717) is 45.7 Å². The normalized spacial score (nSPS) is 18.2. The molecular formula is C48H40N8O4S4. The molecule has 0 fully saturated rings. The molecule has 1 aliphatic heterocycles. The maximum Gasteiger partial charge on any atom is 0.271 e. The van der Waals surface area contributed by atoms with Crippen molar-refractivity contribution in [2.75, 3.05) is 0 Å². The molecule has 0 radical (unpaired) electrons. The minimum Gasteiger partial charge on any atom is -0.341 e. The SMILES string of the molecule is O=C1N[C@@H](Cc2ccccc2)c2nc(cs2)C(=O)N[C@H](Cc2ccccc2)c2nc(cs2)C(=O)N[C@H](Cc2ccccc2)c2nc(cs2)C(=O)N[C@H](Cc2ccccc2)c2nc1cs2. The van der Waals surface area contributed by atoms with E-state index in [0.717, 1.165) is 22.3 Å². The van der Waals surface area contributed by atoms with E-state index in [4.69, 9.17) is 19.9 Å². The third-order valence-corrected chi connectivity index (χ3v) is 14.4. The lowest BCUT2D eigenvalue weighted by atomic mass is 10.1. The number of nitrogens with one attached hydrogen (secondary N) is 4. The van der Waals surface area contributed by atoms with E-state index < -0.39 is 47.8 Å². The molecule has 4 aromatic heterocycles. The summed E-state index contributed by atoms with van der Waals surface area (Å²) in [5.74, 6) is -1.66. The van der Waals surface area contributed by atoms with Gasteiger partial charge in [0.1, 0.15) is 42.8 Å². The molecule has 320 valence electrons. The van der Waals surface area contributed by atoms with Crippen molar-refractivity contribution in [1.29, 1.82) is 0 Å². The van der Waals surface area contributed by atoms with E-state index in [2.05, 4.69) is 21.3 Å². The van der Waals surface area contributed by atoms with Gasteiger partial charge in [0.15, 0.2) is 0 Å². The first-order valence-corrected chi connectivity index (χ1v) is 24.0. The zero-order valence-corrected chi connectivity index (χ0v) is 37.3. The molecule has 0 unspecified atom stereocenters. The van der Waals surface area contributed by atoms with E-state index in [-0.39, 0.29) is 22.8 Å². The standard InChI is InChI=1S/C48H40N8O4S4/c57-41-37-26-62-46(54-37)34(22-30-15-7-2-8-16-30)51-43(59)39-28-64-48(56-39)36(24-32-19-11-4-12-20-32)52-44(60)40-27-63-47(55-40)35(23-31-17-9-3-10-18-31)50-42(58)38-25-61-45(53-38)33(49-41)21-29-13-5-1-6-14-29/h1-20,25-28,33-36H,21-24H2,(H,49,57)(H,50,58)(H,51,59)(H,52,60)/t33-,34-,35-,36+/m1/s1. The smallest absolute Gasteiger partial charge is 0.271 e. The quantitative estimate of drug-likeness (QED) is 0.117. The van der Waals surface area contributed by atoms with Gasteiger partial charge < -0.3 is 21.3 Å². The molecule has 4 atom stereocenters. The topological polar surface area (TPSA) is 168 Å². The van der Waals surface area contributed by atoms with Crippen LogP contribution in [0.4, 0.5) is 0 Å². The maximum atomic E-state index is 14.1. The number of thiazole rings is 4. The second-order valence-electron chi connectivity index (χ2n) is 15.1. The van der Waals surface area contributed by atoms with Crippen LogP contribution in [0.25, 0.3) is 0 Å². The zero-order valence-electron chi connectivity index (χ0n) is 34.0. The summed E-state index contributed by atoms with van der Waals surface area (Å²) >= 11 is 5.12. The summed E-state index contributed by atoms with van der Waals surface area (Å²) in [4.78, 5) is 75.5. The molecule has 12 nitrogen and oxygen atoms in total. The summed E-state index contributed by atoms with van der Waals surface area (Å²) in [7, 11) is 0. The number of rotatable bonds is 8. The molecule has 8 aromatic rings. The van der Waals surface area contributed by atoms with E-state index >= 15 is 0 Å². The Morgan fingerprint density at radius 1 is 0.328 bits per heavy atom. The number of carbonyl (C=O) groups is 4. The van der Waals surface area contributed by atoms with Crippen LogP contribution in [0.15, 0.2) is 143 Å². The Morgan fingerprint density at radius 2 is 0.531 bits per heavy atom. The summed E-state index contributed by atoms with van der Waals surface area (Å²) in [6.07, 6.45) is 1.64. The number of nitrogens with zero attached hydrogens (tertiary/aromatic N) is 4. The van der Waals surface area contributed by atoms with Gasteiger partial charge in [-0.2, -0.15) is 0 Å². The van der Waals surface area contributed by atoms with Crippen molar-refractivity contribution in [2.45, 2.75) is 49.9 Å². The van der Waals surface area contributed by atoms with E-state index in [1.54, 1.807) is 21.5 Å². The second-order valence-corrected chi connectivity index (χ2v) is 18.7. The highest BCUT2D eigenvalue weighted by Gasteiger charge is 2.29. The lowest BCUT2D eigenvalue weighted by Crippen LogP contribution is -2.33. The van der Waals surface area contributed by atoms with Crippen LogP contribution in [-0.4, -0.2) is 43.6 Å². The van der Waals surface area contributed by atoms with Gasteiger partial charge in [0.2, 0.25) is 0 Å². The van der Waals surface area contributed by atoms with Gasteiger partial charge in [0.05, 0.1) is 24.2 Å². The maximum absolute atomic E-state index is 14.1. The summed E-state index contributed by atoms with van der Waals surface area (Å²) in [6.45, 7) is 0. The van der Waals surface area contributed by atoms with E-state index in [9.17, 15) is 19.2 Å². The van der Waals surface area contributed by atoms with Gasteiger partial charge in [-0.3, -0.25) is 19.2 Å². The molecule has 0 saturated carbocycles. The van der Waals surface area contributed by atoms with Crippen molar-refractivity contribution >= 4 is 69.0 Å². The number of aromatic nitrogens is 4. The molecule has 0 saturated heterocycles. The molecule has 64 heavy (non-hydrogen) atoms. The molecule has 9 rings (SSSR count). The Bertz CT molecular complexity index is 2470. The molecular weight excluding hydrogens is 881 g/mol. The Kier molecular flexibility index (Phi) is 13.1. The van der Waals surface area contributed by atoms with Gasteiger partial charge in [0.25, 0.3) is 23.6 Å². The van der Waals surface area contributed by atoms with Crippen LogP contribution in [-0.2, 0) is 25.7 Å². The van der Waals surface area contributed by atoms with Crippen molar-refractivity contribution in [3.63, 3.8) is 0 Å². The first-order valence-electron chi connectivity index (χ1n) is 20.5. The fraction of sp³-hybridized carbons (Fsp3) is 0.167. The van der Waals surface area contributed by atoms with Crippen molar-refractivity contribution in [3.8, 4) is 0 Å². The minimum atomic E-state index is -0.596. The van der Waals surface area contributed by atoms with Crippen LogP contribution in [0, 0.1) is 0 Å². The Labute approximate surface area is 384 Å². The summed E-state index contributed by atoms with van der Waals surface area (Å²) in [5, 5.41) is 21.5. The monoisotopic (exact) mass is 920 g/mol. The summed E-state index contributed by atoms with van der Waals surface area (Å²) < 4.78 is 0. The molecule has 8 bridgehead atoms. The third-order valence-electron chi connectivity index (χ3n) is 10.6. The van der Waals surface area contributed by atoms with Crippen LogP contribution in [0.1, 0.15) is 108 Å². The molecule has 4 amide bonds. The van der Waals surface area contributed by atoms with Gasteiger partial charge in [0, 0.05) is 21.5 Å². The summed E-state index contributed by atoms with van der Waals surface area (Å²) in [6, 6.07) is 36.6. The van der Waals surface area contributed by atoms with Crippen LogP contribution in [0.3, 0.4) is 0 Å². The van der Waals surface area contributed by atoms with E-state index in [1.165, 1.54) is 45.3 Å². The van der Waals surface area contributed by atoms with Gasteiger partial charge >= 0.3 is 0 Å². The predicted octanol–water partition coefficient (Wildman–Crippen LogP) is 8.68. The lowest BCUT2D eigenvalue weighted by molar-refractivity contribution is 0.0923. The largest absolute Gasteiger partial charge is 0.341 e. The van der Waals surface area contributed by atoms with Gasteiger partial charge in [-0.1, -0.05) is 121 Å². The van der Waals surface area contributed by atoms with Gasteiger partial charge in [-0.05, 0) is 47.9 Å². The van der Waals surface area contributed by atoms with Crippen molar-refractivity contribution in [1.82, 2.24) is 41.2 Å². The first-order chi connectivity index (χ1) is 31.3. The van der Waals surface area contributed by atoms with Crippen LogP contribution in [0.2, 0.25) is 0 Å². The number of hydrogen-bond acceptors (Lipinski definition) is 12. The Balaban J connectivity index is 1.09. The Hall–Kier alpha value is -6.72. The molecule has 4 N–H and O–H groups in total. The third kappa shape index (κ3) is 10.4. The van der Waals surface area contributed by atoms with Crippen LogP contribution >= 0.6 is 45.3 Å². The van der Waals surface area contributed by atoms with Gasteiger partial charge in [-0.15, -0.1) is 45.3 Å². The number of amides is 4. The highest BCUT2D eigenvalue weighted by Crippen LogP contribution is 2.29. The molecule has 0 spiro atoms. The first kappa shape index (κ1) is 42.6. The zero-order chi connectivity index (χ0) is 43.8. The fourth-order valence-corrected chi connectivity index (χ4v) is 10.7. The molecule has 4 aromatic carbocycles. The second kappa shape index (κ2) is 19.8. The van der Waals surface area contributed by atoms with Crippen LogP contribution in [0.5, 0.6) is 0 Å². The number of benzene rings is 4. The average Bonchev–Trinajstić information content (AvgIpc) is 4.17. The van der Waals surface area contributed by atoms with Crippen LogP contribution < -0.4 is 21.3 Å². The predicted molar refractivity (Wildman–Crippen MR) is 250 cm³/mol. The van der Waals surface area contributed by atoms with Crippen molar-refractivity contribution in [3.05, 3.63) is 208 Å². The minimum absolute atomic E-state index is 0.191. The number of carbonyl (C=O) groups excluding carboxylic acids is 4. The highest BCUT2D eigenvalue weighted by molar-refractivity contribution is 7.10. The number of fused-ring (bicyclic) bond motifs is 8. The van der Waals surface area contributed by atoms with Crippen molar-refractivity contribution < 1.29 is 19.2 Å². The molecule has 1 aliphatic rings. The molecule has 0 aliphatic carbocycles. The molecule has 5 heterocycles. The highest BCUT2D eigenvalue weighted by atomic mass is 32.1. The van der Waals surface area contributed by atoms with E-state index in [1.807, 2.05) is 121 Å². The lowest BCUT2D eigenvalue weighted by Gasteiger charge is -2.18. The fourth-order valence-electron chi connectivity index (χ4n) is 7.34. The Morgan fingerprint density at radius 3 is 0.734 bits per heavy atom. The summed E-state index contributed by atoms with van der Waals surface area (Å²) in [5.41, 5.74) is 4.63.